The number of carboxylic acid groups (broad SMARTS) is 1. The number of nitrogens with two attached hydrogens (primary N) is 2. The predicted molar refractivity (Wildman–Crippen MR) is 150 cm³/mol. The van der Waals surface area contributed by atoms with Gasteiger partial charge in [-0.15, -0.1) is 0 Å². The molecule has 0 spiro atoms. The lowest BCUT2D eigenvalue weighted by molar-refractivity contribution is -0.142. The molecule has 1 saturated heterocycles. The smallest absolute Gasteiger partial charge is 0.322 e. The van der Waals surface area contributed by atoms with Crippen molar-refractivity contribution in [2.75, 3.05) is 13.1 Å². The highest BCUT2D eigenvalue weighted by Gasteiger charge is 2.39. The number of nitrogens with one attached hydrogen (secondary N) is 5. The fourth-order valence-electron chi connectivity index (χ4n) is 4.57. The highest BCUT2D eigenvalue weighted by molar-refractivity contribution is 5.97. The minimum Gasteiger partial charge on any atom is -0.480 e. The Balaban J connectivity index is 2.06. The van der Waals surface area contributed by atoms with Crippen molar-refractivity contribution >= 4 is 41.4 Å². The lowest BCUT2D eigenvalue weighted by Gasteiger charge is -2.30. The summed E-state index contributed by atoms with van der Waals surface area (Å²) in [4.78, 5) is 95.1. The third-order valence-corrected chi connectivity index (χ3v) is 7.14. The third-order valence-electron chi connectivity index (χ3n) is 7.14. The van der Waals surface area contributed by atoms with Crippen molar-refractivity contribution in [3.63, 3.8) is 0 Å². The minimum atomic E-state index is -1.41. The molecule has 0 saturated carbocycles. The number of aromatic amines is 1. The molecule has 1 aromatic rings. The molecule has 43 heavy (non-hydrogen) atoms. The molecule has 10 N–H and O–H groups in total. The van der Waals surface area contributed by atoms with Crippen LogP contribution in [0.3, 0.4) is 0 Å². The molecule has 6 amide bonds. The first-order valence-corrected chi connectivity index (χ1v) is 14.0. The molecule has 17 heteroatoms. The first-order valence-electron chi connectivity index (χ1n) is 14.0. The van der Waals surface area contributed by atoms with E-state index in [9.17, 15) is 33.6 Å². The van der Waals surface area contributed by atoms with Gasteiger partial charge in [-0.05, 0) is 25.7 Å². The largest absolute Gasteiger partial charge is 0.480 e. The molecular formula is C26H41N9O8. The van der Waals surface area contributed by atoms with Crippen molar-refractivity contribution < 1.29 is 38.7 Å². The predicted octanol–water partition coefficient (Wildman–Crippen LogP) is -3.13. The fourth-order valence-corrected chi connectivity index (χ4v) is 4.57. The van der Waals surface area contributed by atoms with E-state index >= 15 is 0 Å². The number of amides is 6. The van der Waals surface area contributed by atoms with Crippen LogP contribution in [0.1, 0.15) is 52.1 Å². The van der Waals surface area contributed by atoms with Crippen LogP contribution in [0.5, 0.6) is 0 Å². The highest BCUT2D eigenvalue weighted by atomic mass is 16.4. The molecule has 0 aliphatic carbocycles. The van der Waals surface area contributed by atoms with Gasteiger partial charge in [-0.3, -0.25) is 33.6 Å². The van der Waals surface area contributed by atoms with E-state index in [2.05, 4.69) is 31.2 Å². The van der Waals surface area contributed by atoms with Crippen LogP contribution < -0.4 is 32.7 Å². The van der Waals surface area contributed by atoms with E-state index in [0.29, 0.717) is 25.0 Å². The van der Waals surface area contributed by atoms with Gasteiger partial charge in [-0.1, -0.05) is 20.3 Å². The van der Waals surface area contributed by atoms with Crippen molar-refractivity contribution in [1.82, 2.24) is 36.1 Å². The minimum absolute atomic E-state index is 0.0865. The van der Waals surface area contributed by atoms with Crippen LogP contribution in [0.25, 0.3) is 0 Å². The zero-order chi connectivity index (χ0) is 32.3. The summed E-state index contributed by atoms with van der Waals surface area (Å²) in [6, 6.07) is -5.60. The van der Waals surface area contributed by atoms with Crippen LogP contribution in [0.15, 0.2) is 12.5 Å². The van der Waals surface area contributed by atoms with E-state index in [4.69, 9.17) is 16.6 Å². The Hall–Kier alpha value is -4.54. The second kappa shape index (κ2) is 16.2. The molecule has 0 aromatic carbocycles. The molecule has 1 aliphatic rings. The zero-order valence-electron chi connectivity index (χ0n) is 24.4. The standard InChI is InChI=1S/C26H41N9O8/c1-4-13(2)21(25(42)30-11-20(37)38)34-24(41)18-6-5-7-35(18)26(43)14(3)32-23(40)17(9-19(28)36)33-22(39)16(27)8-15-10-29-12-31-15/h10,12-14,16-18,21H,4-9,11,27H2,1-3H3,(H2,28,36)(H,29,31)(H,30,42)(H,32,40)(H,33,39)(H,34,41)(H,37,38)/t13-,14-,16-,17-,18-,21-/m0/s1. The van der Waals surface area contributed by atoms with Gasteiger partial charge < -0.3 is 47.7 Å². The summed E-state index contributed by atoms with van der Waals surface area (Å²) in [5.74, 6) is -5.86. The molecule has 2 rings (SSSR count). The number of imidazole rings is 1. The summed E-state index contributed by atoms with van der Waals surface area (Å²) in [5.41, 5.74) is 11.8. The van der Waals surface area contributed by atoms with E-state index in [1.165, 1.54) is 24.3 Å². The van der Waals surface area contributed by atoms with Gasteiger partial charge in [0.2, 0.25) is 35.4 Å². The number of aromatic nitrogens is 2. The number of hydrogen-bond donors (Lipinski definition) is 8. The Labute approximate surface area is 248 Å². The zero-order valence-corrected chi connectivity index (χ0v) is 24.4. The summed E-state index contributed by atoms with van der Waals surface area (Å²) in [7, 11) is 0. The first kappa shape index (κ1) is 34.7. The van der Waals surface area contributed by atoms with Crippen molar-refractivity contribution in [3.05, 3.63) is 18.2 Å². The fraction of sp³-hybridized carbons (Fsp3) is 0.615. The summed E-state index contributed by atoms with van der Waals surface area (Å²) >= 11 is 0. The van der Waals surface area contributed by atoms with Crippen LogP contribution in [0.4, 0.5) is 0 Å². The maximum Gasteiger partial charge on any atom is 0.322 e. The van der Waals surface area contributed by atoms with Gasteiger partial charge in [-0.25, -0.2) is 4.98 Å². The Bertz CT molecular complexity index is 1180. The second-order valence-electron chi connectivity index (χ2n) is 10.5. The number of likely N-dealkylation sites (tertiary alicyclic amines) is 1. The molecule has 0 radical (unpaired) electrons. The van der Waals surface area contributed by atoms with Gasteiger partial charge in [0.15, 0.2) is 0 Å². The maximum absolute atomic E-state index is 13.3. The van der Waals surface area contributed by atoms with E-state index < -0.39 is 84.6 Å². The van der Waals surface area contributed by atoms with Crippen LogP contribution in [0.2, 0.25) is 0 Å². The molecule has 1 aliphatic heterocycles. The molecule has 238 valence electrons. The molecular weight excluding hydrogens is 566 g/mol. The molecule has 1 aromatic heterocycles. The van der Waals surface area contributed by atoms with E-state index in [1.54, 1.807) is 6.92 Å². The van der Waals surface area contributed by atoms with Gasteiger partial charge in [0.05, 0.1) is 18.8 Å². The lowest BCUT2D eigenvalue weighted by atomic mass is 9.97. The van der Waals surface area contributed by atoms with Crippen molar-refractivity contribution in [2.24, 2.45) is 17.4 Å². The lowest BCUT2D eigenvalue weighted by Crippen LogP contribution is -2.59. The number of aliphatic carboxylic acids is 1. The van der Waals surface area contributed by atoms with E-state index in [1.807, 2.05) is 6.92 Å². The normalized spacial score (nSPS) is 18.0. The molecule has 6 atom stereocenters. The second-order valence-corrected chi connectivity index (χ2v) is 10.5. The Morgan fingerprint density at radius 2 is 1.79 bits per heavy atom. The number of carboxylic acids is 1. The number of primary amides is 1. The summed E-state index contributed by atoms with van der Waals surface area (Å²) < 4.78 is 0. The van der Waals surface area contributed by atoms with Crippen LogP contribution in [-0.2, 0) is 40.0 Å². The van der Waals surface area contributed by atoms with E-state index in [-0.39, 0.29) is 18.9 Å². The van der Waals surface area contributed by atoms with Crippen LogP contribution in [0, 0.1) is 5.92 Å². The van der Waals surface area contributed by atoms with Gasteiger partial charge in [0, 0.05) is 24.9 Å². The molecule has 17 nitrogen and oxygen atoms in total. The Kier molecular flexibility index (Phi) is 13.0. The van der Waals surface area contributed by atoms with Crippen molar-refractivity contribution in [3.8, 4) is 0 Å². The number of H-pyrrole nitrogens is 1. The van der Waals surface area contributed by atoms with Crippen molar-refractivity contribution in [1.29, 1.82) is 0 Å². The highest BCUT2D eigenvalue weighted by Crippen LogP contribution is 2.20. The van der Waals surface area contributed by atoms with E-state index in [0.717, 1.165) is 0 Å². The summed E-state index contributed by atoms with van der Waals surface area (Å²) in [5, 5.41) is 18.6. The topological polar surface area (TPSA) is 272 Å². The van der Waals surface area contributed by atoms with Gasteiger partial charge in [0.1, 0.15) is 30.7 Å². The average molecular weight is 608 g/mol. The number of rotatable bonds is 16. The Morgan fingerprint density at radius 1 is 1.09 bits per heavy atom. The summed E-state index contributed by atoms with van der Waals surface area (Å²) in [6.07, 6.45) is 3.74. The number of nitrogens with zero attached hydrogens (tertiary/aromatic N) is 2. The number of carbonyl (C=O) groups is 7. The SMILES string of the molecule is CC[C@H](C)[C@H](NC(=O)[C@@H]1CCCN1C(=O)[C@H](C)NC(=O)[C@H](CC(N)=O)NC(=O)[C@@H](N)Cc1cnc[nH]1)C(=O)NCC(=O)O. The molecule has 1 fully saturated rings. The third kappa shape index (κ3) is 10.4. The molecule has 0 bridgehead atoms. The Morgan fingerprint density at radius 3 is 2.37 bits per heavy atom. The number of hydrogen-bond acceptors (Lipinski definition) is 9. The van der Waals surface area contributed by atoms with Crippen LogP contribution >= 0.6 is 0 Å². The average Bonchev–Trinajstić information content (AvgIpc) is 3.65. The van der Waals surface area contributed by atoms with Gasteiger partial charge >= 0.3 is 5.97 Å². The van der Waals surface area contributed by atoms with Gasteiger partial charge in [0.25, 0.3) is 0 Å². The van der Waals surface area contributed by atoms with Crippen LogP contribution in [-0.4, -0.2) is 105 Å². The summed E-state index contributed by atoms with van der Waals surface area (Å²) in [6.45, 7) is 4.53. The van der Waals surface area contributed by atoms with Crippen molar-refractivity contribution in [2.45, 2.75) is 83.1 Å². The number of carbonyl (C=O) groups excluding carboxylic acids is 6. The maximum atomic E-state index is 13.3. The first-order chi connectivity index (χ1) is 20.2. The van der Waals surface area contributed by atoms with Gasteiger partial charge in [-0.2, -0.15) is 0 Å². The quantitative estimate of drug-likeness (QED) is 0.0935. The molecule has 2 heterocycles. The monoisotopic (exact) mass is 607 g/mol. The molecule has 0 unspecified atom stereocenters.